The van der Waals surface area contributed by atoms with Crippen molar-refractivity contribution in [2.45, 2.75) is 0 Å². The van der Waals surface area contributed by atoms with E-state index in [9.17, 15) is 0 Å². The molecule has 0 saturated heterocycles. The molecule has 2 aliphatic heterocycles. The lowest BCUT2D eigenvalue weighted by Gasteiger charge is -2.33. The number of benzene rings is 8. The predicted octanol–water partition coefficient (Wildman–Crippen LogP) is 10.6. The average Bonchev–Trinajstić information content (AvgIpc) is 3.54. The third-order valence-corrected chi connectivity index (χ3v) is 10.3. The van der Waals surface area contributed by atoms with Crippen LogP contribution in [-0.2, 0) is 0 Å². The molecule has 8 aromatic carbocycles. The van der Waals surface area contributed by atoms with Crippen molar-refractivity contribution in [2.75, 3.05) is 4.90 Å². The second-order valence-electron chi connectivity index (χ2n) is 13.3. The van der Waals surface area contributed by atoms with Gasteiger partial charge in [0, 0.05) is 39.4 Å². The fourth-order valence-electron chi connectivity index (χ4n) is 8.08. The van der Waals surface area contributed by atoms with Crippen LogP contribution in [-0.4, -0.2) is 6.71 Å². The quantitative estimate of drug-likeness (QED) is 0.177. The molecule has 0 spiro atoms. The summed E-state index contributed by atoms with van der Waals surface area (Å²) < 4.78 is 20.2. The number of ether oxygens (including phenoxy) is 2. The van der Waals surface area contributed by atoms with Gasteiger partial charge in [0.15, 0.2) is 0 Å². The summed E-state index contributed by atoms with van der Waals surface area (Å²) in [5, 5.41) is 4.46. The first-order chi connectivity index (χ1) is 25.3. The van der Waals surface area contributed by atoms with E-state index in [1.807, 2.05) is 18.2 Å². The molecule has 0 unspecified atom stereocenters. The lowest BCUT2D eigenvalue weighted by Crippen LogP contribution is -2.57. The fourth-order valence-corrected chi connectivity index (χ4v) is 8.08. The Balaban J connectivity index is 1.09. The highest BCUT2D eigenvalue weighted by Gasteiger charge is 2.41. The van der Waals surface area contributed by atoms with Gasteiger partial charge in [-0.05, 0) is 99.6 Å². The zero-order chi connectivity index (χ0) is 33.5. The molecule has 0 amide bonds. The number of furan rings is 1. The lowest BCUT2D eigenvalue weighted by atomic mass is 9.35. The molecule has 0 aliphatic carbocycles. The molecule has 5 heteroatoms. The summed E-state index contributed by atoms with van der Waals surface area (Å²) in [6, 6.07) is 59.3. The van der Waals surface area contributed by atoms with Crippen molar-refractivity contribution in [2.24, 2.45) is 0 Å². The van der Waals surface area contributed by atoms with Gasteiger partial charge in [-0.25, -0.2) is 0 Å². The molecule has 0 atom stereocenters. The van der Waals surface area contributed by atoms with Crippen LogP contribution < -0.4 is 30.8 Å². The molecule has 0 N–H and O–H groups in total. The van der Waals surface area contributed by atoms with Crippen LogP contribution in [0, 0.1) is 0 Å². The van der Waals surface area contributed by atoms with E-state index in [2.05, 4.69) is 157 Å². The highest BCUT2D eigenvalue weighted by atomic mass is 16.5. The SMILES string of the molecule is c1ccc(N(c2ccccc2)c2ccc3c(c2)oc2cc4c(cc23)Oc2cc(-c3cccc5ccccc35)cc3c2B4c2ccccc2O3)cc1. The van der Waals surface area contributed by atoms with Crippen LogP contribution in [0.3, 0.4) is 0 Å². The predicted molar refractivity (Wildman–Crippen MR) is 209 cm³/mol. The first-order valence-corrected chi connectivity index (χ1v) is 17.3. The summed E-state index contributed by atoms with van der Waals surface area (Å²) in [5.41, 5.74) is 10.3. The number of fused-ring (bicyclic) bond motifs is 8. The van der Waals surface area contributed by atoms with Crippen LogP contribution in [0.4, 0.5) is 17.1 Å². The van der Waals surface area contributed by atoms with E-state index in [-0.39, 0.29) is 6.71 Å². The lowest BCUT2D eigenvalue weighted by molar-refractivity contribution is 0.465. The molecule has 0 fully saturated rings. The van der Waals surface area contributed by atoms with Crippen LogP contribution in [0.25, 0.3) is 43.8 Å². The van der Waals surface area contributed by atoms with Crippen LogP contribution in [0.5, 0.6) is 23.0 Å². The van der Waals surface area contributed by atoms with Gasteiger partial charge in [-0.15, -0.1) is 0 Å². The Hall–Kier alpha value is -6.72. The summed E-state index contributed by atoms with van der Waals surface area (Å²) in [4.78, 5) is 2.26. The normalized spacial score (nSPS) is 12.6. The number of hydrogen-bond acceptors (Lipinski definition) is 4. The summed E-state index contributed by atoms with van der Waals surface area (Å²) >= 11 is 0. The second kappa shape index (κ2) is 10.9. The van der Waals surface area contributed by atoms with Crippen LogP contribution in [0.2, 0.25) is 0 Å². The highest BCUT2D eigenvalue weighted by Crippen LogP contribution is 2.43. The summed E-state index contributed by atoms with van der Waals surface area (Å²) in [6.45, 7) is -0.0647. The van der Waals surface area contributed by atoms with Crippen molar-refractivity contribution in [3.05, 3.63) is 170 Å². The van der Waals surface area contributed by atoms with E-state index < -0.39 is 0 Å². The Morgan fingerprint density at radius 2 is 1.08 bits per heavy atom. The molecule has 3 heterocycles. The summed E-state index contributed by atoms with van der Waals surface area (Å²) in [5.74, 6) is 3.33. The van der Waals surface area contributed by atoms with E-state index >= 15 is 0 Å². The number of para-hydroxylation sites is 3. The first-order valence-electron chi connectivity index (χ1n) is 17.3. The van der Waals surface area contributed by atoms with Crippen molar-refractivity contribution < 1.29 is 13.9 Å². The minimum absolute atomic E-state index is 0.0647. The van der Waals surface area contributed by atoms with Gasteiger partial charge in [0.25, 0.3) is 6.71 Å². The second-order valence-corrected chi connectivity index (χ2v) is 13.3. The van der Waals surface area contributed by atoms with Crippen molar-refractivity contribution in [1.82, 2.24) is 0 Å². The van der Waals surface area contributed by atoms with Gasteiger partial charge in [-0.3, -0.25) is 0 Å². The van der Waals surface area contributed by atoms with Gasteiger partial charge in [0.2, 0.25) is 0 Å². The number of anilines is 3. The molecule has 9 aromatic rings. The van der Waals surface area contributed by atoms with Crippen LogP contribution in [0.15, 0.2) is 174 Å². The third kappa shape index (κ3) is 4.35. The molecule has 238 valence electrons. The van der Waals surface area contributed by atoms with Gasteiger partial charge in [-0.2, -0.15) is 0 Å². The molecule has 4 nitrogen and oxygen atoms in total. The van der Waals surface area contributed by atoms with Crippen molar-refractivity contribution in [1.29, 1.82) is 0 Å². The number of rotatable bonds is 4. The molecule has 51 heavy (non-hydrogen) atoms. The molecule has 0 bridgehead atoms. The monoisotopic (exact) mass is 653 g/mol. The molecule has 0 saturated carbocycles. The standard InChI is InChI=1S/C46H28BNO3/c1-3-14-31(15-4-1)48(32-16-5-2-6-17-32)33-22-23-36-37-27-43-39(28-42(37)50-41(36)26-33)47-38-20-9-10-21-40(38)49-44-24-30(25-45(51-43)46(44)47)35-19-11-13-29-12-7-8-18-34(29)35/h1-28H. The maximum absolute atomic E-state index is 6.89. The molecule has 2 aliphatic rings. The Morgan fingerprint density at radius 3 is 1.88 bits per heavy atom. The molecule has 11 rings (SSSR count). The largest absolute Gasteiger partial charge is 0.458 e. The van der Waals surface area contributed by atoms with Gasteiger partial charge < -0.3 is 18.8 Å². The molecular formula is C46H28BNO3. The van der Waals surface area contributed by atoms with E-state index in [1.54, 1.807) is 0 Å². The van der Waals surface area contributed by atoms with Crippen molar-refractivity contribution in [3.63, 3.8) is 0 Å². The summed E-state index contributed by atoms with van der Waals surface area (Å²) in [7, 11) is 0. The maximum atomic E-state index is 6.89. The highest BCUT2D eigenvalue weighted by molar-refractivity contribution is 6.98. The van der Waals surface area contributed by atoms with Gasteiger partial charge in [-0.1, -0.05) is 97.1 Å². The first kappa shape index (κ1) is 28.2. The van der Waals surface area contributed by atoms with Gasteiger partial charge in [0.05, 0.1) is 0 Å². The van der Waals surface area contributed by atoms with E-state index in [1.165, 1.54) is 10.8 Å². The summed E-state index contributed by atoms with van der Waals surface area (Å²) in [6.07, 6.45) is 0. The van der Waals surface area contributed by atoms with E-state index in [0.717, 1.165) is 89.5 Å². The van der Waals surface area contributed by atoms with E-state index in [0.29, 0.717) is 0 Å². The maximum Gasteiger partial charge on any atom is 0.260 e. The number of nitrogens with zero attached hydrogens (tertiary/aromatic N) is 1. The fraction of sp³-hybridized carbons (Fsp3) is 0. The Morgan fingerprint density at radius 1 is 0.412 bits per heavy atom. The Labute approximate surface area is 294 Å². The van der Waals surface area contributed by atoms with Crippen molar-refractivity contribution >= 4 is 72.9 Å². The van der Waals surface area contributed by atoms with Gasteiger partial charge >= 0.3 is 0 Å². The number of hydrogen-bond donors (Lipinski definition) is 0. The molecule has 0 radical (unpaired) electrons. The van der Waals surface area contributed by atoms with Crippen LogP contribution in [0.1, 0.15) is 0 Å². The third-order valence-electron chi connectivity index (χ3n) is 10.3. The Bertz CT molecular complexity index is 2780. The van der Waals surface area contributed by atoms with E-state index in [4.69, 9.17) is 13.9 Å². The van der Waals surface area contributed by atoms with Crippen LogP contribution >= 0.6 is 0 Å². The zero-order valence-corrected chi connectivity index (χ0v) is 27.4. The molecular weight excluding hydrogens is 625 g/mol. The minimum Gasteiger partial charge on any atom is -0.458 e. The van der Waals surface area contributed by atoms with Gasteiger partial charge in [0.1, 0.15) is 34.2 Å². The smallest absolute Gasteiger partial charge is 0.260 e. The molecule has 1 aromatic heterocycles. The average molecular weight is 654 g/mol. The Kier molecular flexibility index (Phi) is 6.01. The minimum atomic E-state index is -0.0647. The zero-order valence-electron chi connectivity index (χ0n) is 27.4. The van der Waals surface area contributed by atoms with Crippen molar-refractivity contribution in [3.8, 4) is 34.1 Å². The topological polar surface area (TPSA) is 34.8 Å².